The van der Waals surface area contributed by atoms with E-state index >= 15 is 0 Å². The van der Waals surface area contributed by atoms with Gasteiger partial charge in [-0.25, -0.2) is 9.97 Å². The summed E-state index contributed by atoms with van der Waals surface area (Å²) >= 11 is 0. The van der Waals surface area contributed by atoms with Gasteiger partial charge in [0.2, 0.25) is 0 Å². The fourth-order valence-electron chi connectivity index (χ4n) is 3.06. The van der Waals surface area contributed by atoms with Crippen molar-refractivity contribution >= 4 is 17.4 Å². The number of hydrogen-bond acceptors (Lipinski definition) is 3. The number of nitrogens with one attached hydrogen (secondary N) is 1. The molecule has 0 spiro atoms. The van der Waals surface area contributed by atoms with Crippen LogP contribution < -0.4 is 5.32 Å². The number of hydrogen-bond donors (Lipinski definition) is 1. The third-order valence-electron chi connectivity index (χ3n) is 4.46. The number of anilines is 1. The molecule has 0 atom stereocenters. The Kier molecular flexibility index (Phi) is 4.20. The van der Waals surface area contributed by atoms with Crippen LogP contribution in [-0.2, 0) is 0 Å². The molecule has 3 heterocycles. The van der Waals surface area contributed by atoms with Crippen molar-refractivity contribution in [2.75, 3.05) is 5.32 Å². The molecule has 0 bridgehead atoms. The Balaban J connectivity index is 1.86. The lowest BCUT2D eigenvalue weighted by molar-refractivity contribution is 0.102. The van der Waals surface area contributed by atoms with Crippen molar-refractivity contribution in [3.63, 3.8) is 0 Å². The fourth-order valence-corrected chi connectivity index (χ4v) is 3.06. The molecular weight excluding hydrogens is 336 g/mol. The number of carbonyl (C=O) groups is 1. The van der Waals surface area contributed by atoms with Crippen molar-refractivity contribution in [2.24, 2.45) is 0 Å². The molecule has 0 fully saturated rings. The molecule has 134 valence electrons. The second-order valence-electron chi connectivity index (χ2n) is 6.78. The van der Waals surface area contributed by atoms with Gasteiger partial charge in [0.15, 0.2) is 0 Å². The molecule has 4 rings (SSSR count). The lowest BCUT2D eigenvalue weighted by Gasteiger charge is -2.08. The van der Waals surface area contributed by atoms with Crippen LogP contribution in [0.15, 0.2) is 60.9 Å². The maximum absolute atomic E-state index is 13.2. The first kappa shape index (κ1) is 17.0. The van der Waals surface area contributed by atoms with Gasteiger partial charge in [-0.3, -0.25) is 9.20 Å². The molecule has 0 saturated carbocycles. The van der Waals surface area contributed by atoms with E-state index in [1.165, 1.54) is 0 Å². The van der Waals surface area contributed by atoms with Crippen LogP contribution in [0.3, 0.4) is 0 Å². The third-order valence-corrected chi connectivity index (χ3v) is 4.46. The SMILES string of the molecule is Cc1ccc(-c2nc3ccc(C)cn3c2C(=O)Nc2cc(C)ccn2)cc1. The van der Waals surface area contributed by atoms with Gasteiger partial charge >= 0.3 is 0 Å². The predicted molar refractivity (Wildman–Crippen MR) is 107 cm³/mol. The highest BCUT2D eigenvalue weighted by molar-refractivity contribution is 6.07. The molecule has 1 N–H and O–H groups in total. The van der Waals surface area contributed by atoms with Gasteiger partial charge in [0.25, 0.3) is 5.91 Å². The molecule has 5 nitrogen and oxygen atoms in total. The van der Waals surface area contributed by atoms with Gasteiger partial charge < -0.3 is 5.32 Å². The van der Waals surface area contributed by atoms with E-state index in [9.17, 15) is 4.79 Å². The van der Waals surface area contributed by atoms with E-state index in [0.717, 1.165) is 27.9 Å². The number of aromatic nitrogens is 3. The molecule has 4 aromatic rings. The second kappa shape index (κ2) is 6.68. The first-order chi connectivity index (χ1) is 13.0. The van der Waals surface area contributed by atoms with Crippen LogP contribution in [0.1, 0.15) is 27.2 Å². The maximum Gasteiger partial charge on any atom is 0.276 e. The molecule has 0 radical (unpaired) electrons. The van der Waals surface area contributed by atoms with Crippen LogP contribution in [0.2, 0.25) is 0 Å². The zero-order valence-electron chi connectivity index (χ0n) is 15.5. The molecule has 0 aliphatic rings. The minimum absolute atomic E-state index is 0.234. The summed E-state index contributed by atoms with van der Waals surface area (Å²) in [5, 5.41) is 2.91. The maximum atomic E-state index is 13.2. The van der Waals surface area contributed by atoms with Crippen molar-refractivity contribution in [1.82, 2.24) is 14.4 Å². The first-order valence-electron chi connectivity index (χ1n) is 8.81. The summed E-state index contributed by atoms with van der Waals surface area (Å²) in [5.41, 5.74) is 6.05. The first-order valence-corrected chi connectivity index (χ1v) is 8.81. The van der Waals surface area contributed by atoms with Crippen molar-refractivity contribution < 1.29 is 4.79 Å². The normalized spacial score (nSPS) is 10.9. The molecule has 0 aliphatic heterocycles. The fraction of sp³-hybridized carbons (Fsp3) is 0.136. The number of pyridine rings is 2. The van der Waals surface area contributed by atoms with Crippen molar-refractivity contribution in [3.8, 4) is 11.3 Å². The van der Waals surface area contributed by atoms with Gasteiger partial charge in [-0.05, 0) is 50.1 Å². The zero-order chi connectivity index (χ0) is 19.0. The van der Waals surface area contributed by atoms with Crippen LogP contribution in [-0.4, -0.2) is 20.3 Å². The summed E-state index contributed by atoms with van der Waals surface area (Å²) < 4.78 is 1.84. The Labute approximate surface area is 157 Å². The predicted octanol–water partition coefficient (Wildman–Crippen LogP) is 4.57. The highest BCUT2D eigenvalue weighted by Gasteiger charge is 2.21. The second-order valence-corrected chi connectivity index (χ2v) is 6.78. The minimum atomic E-state index is -0.234. The van der Waals surface area contributed by atoms with Gasteiger partial charge in [0.05, 0.1) is 0 Å². The summed E-state index contributed by atoms with van der Waals surface area (Å²) in [6.07, 6.45) is 3.61. The average molecular weight is 356 g/mol. The molecule has 27 heavy (non-hydrogen) atoms. The average Bonchev–Trinajstić information content (AvgIpc) is 3.01. The van der Waals surface area contributed by atoms with E-state index in [2.05, 4.69) is 10.3 Å². The molecule has 0 saturated heterocycles. The molecular formula is C22H20N4O. The molecule has 0 aliphatic carbocycles. The summed E-state index contributed by atoms with van der Waals surface area (Å²) in [7, 11) is 0. The van der Waals surface area contributed by atoms with E-state index in [-0.39, 0.29) is 5.91 Å². The van der Waals surface area contributed by atoms with Crippen LogP contribution in [0, 0.1) is 20.8 Å². The van der Waals surface area contributed by atoms with Crippen LogP contribution in [0.25, 0.3) is 16.9 Å². The van der Waals surface area contributed by atoms with Crippen LogP contribution in [0.4, 0.5) is 5.82 Å². The van der Waals surface area contributed by atoms with Crippen LogP contribution >= 0.6 is 0 Å². The monoisotopic (exact) mass is 356 g/mol. The minimum Gasteiger partial charge on any atom is -0.305 e. The Hall–Kier alpha value is -3.47. The van der Waals surface area contributed by atoms with E-state index in [0.29, 0.717) is 17.2 Å². The van der Waals surface area contributed by atoms with Gasteiger partial charge in [-0.2, -0.15) is 0 Å². The molecule has 1 aromatic carbocycles. The number of aryl methyl sites for hydroxylation is 3. The summed E-state index contributed by atoms with van der Waals surface area (Å²) in [4.78, 5) is 22.1. The third kappa shape index (κ3) is 3.31. The van der Waals surface area contributed by atoms with Crippen molar-refractivity contribution in [2.45, 2.75) is 20.8 Å². The Morgan fingerprint density at radius 2 is 1.67 bits per heavy atom. The molecule has 0 unspecified atom stereocenters. The summed E-state index contributed by atoms with van der Waals surface area (Å²) in [6.45, 7) is 6.00. The zero-order valence-corrected chi connectivity index (χ0v) is 15.5. The highest BCUT2D eigenvalue weighted by atomic mass is 16.2. The highest BCUT2D eigenvalue weighted by Crippen LogP contribution is 2.26. The number of nitrogens with zero attached hydrogens (tertiary/aromatic N) is 3. The number of benzene rings is 1. The molecule has 5 heteroatoms. The van der Waals surface area contributed by atoms with Gasteiger partial charge in [-0.15, -0.1) is 0 Å². The number of amides is 1. The quantitative estimate of drug-likeness (QED) is 0.585. The Bertz CT molecular complexity index is 1140. The number of rotatable bonds is 3. The Morgan fingerprint density at radius 1 is 0.926 bits per heavy atom. The van der Waals surface area contributed by atoms with E-state index in [1.54, 1.807) is 6.20 Å². The summed E-state index contributed by atoms with van der Waals surface area (Å²) in [6, 6.07) is 15.7. The van der Waals surface area contributed by atoms with Gasteiger partial charge in [0.1, 0.15) is 22.9 Å². The lowest BCUT2D eigenvalue weighted by Crippen LogP contribution is -2.16. The molecule has 1 amide bonds. The Morgan fingerprint density at radius 3 is 2.41 bits per heavy atom. The smallest absolute Gasteiger partial charge is 0.276 e. The van der Waals surface area contributed by atoms with E-state index < -0.39 is 0 Å². The van der Waals surface area contributed by atoms with Crippen LogP contribution in [0.5, 0.6) is 0 Å². The van der Waals surface area contributed by atoms with Gasteiger partial charge in [0, 0.05) is 18.0 Å². The molecule has 3 aromatic heterocycles. The standard InChI is InChI=1S/C22H20N4O/c1-14-4-7-17(8-5-14)20-21(26-13-16(3)6-9-19(26)25-20)22(27)24-18-12-15(2)10-11-23-18/h4-13H,1-3H3,(H,23,24,27). The summed E-state index contributed by atoms with van der Waals surface area (Å²) in [5.74, 6) is 0.291. The van der Waals surface area contributed by atoms with Gasteiger partial charge in [-0.1, -0.05) is 35.9 Å². The topological polar surface area (TPSA) is 59.3 Å². The van der Waals surface area contributed by atoms with Crippen molar-refractivity contribution in [3.05, 3.63) is 83.3 Å². The van der Waals surface area contributed by atoms with E-state index in [1.807, 2.05) is 79.9 Å². The largest absolute Gasteiger partial charge is 0.305 e. The number of imidazole rings is 1. The number of carbonyl (C=O) groups excluding carboxylic acids is 1. The van der Waals surface area contributed by atoms with E-state index in [4.69, 9.17) is 4.98 Å². The number of fused-ring (bicyclic) bond motifs is 1. The van der Waals surface area contributed by atoms with Crippen molar-refractivity contribution in [1.29, 1.82) is 0 Å². The lowest BCUT2D eigenvalue weighted by atomic mass is 10.1.